The smallest absolute Gasteiger partial charge is 0.249 e. The third kappa shape index (κ3) is 2.04. The van der Waals surface area contributed by atoms with E-state index in [0.717, 1.165) is 12.8 Å². The summed E-state index contributed by atoms with van der Waals surface area (Å²) in [6.07, 6.45) is 1.80. The maximum absolute atomic E-state index is 11.8. The number of carbonyl (C=O) groups excluding carboxylic acids is 1. The van der Waals surface area contributed by atoms with Gasteiger partial charge in [0.25, 0.3) is 0 Å². The van der Waals surface area contributed by atoms with Gasteiger partial charge in [0.05, 0.1) is 0 Å². The Labute approximate surface area is 98.8 Å². The fourth-order valence-electron chi connectivity index (χ4n) is 1.96. The Bertz CT molecular complexity index is 391. The van der Waals surface area contributed by atoms with Crippen LogP contribution in [-0.2, 0) is 4.79 Å². The van der Waals surface area contributed by atoms with Gasteiger partial charge in [0.2, 0.25) is 11.8 Å². The lowest BCUT2D eigenvalue weighted by Crippen LogP contribution is -2.35. The molecule has 0 saturated carbocycles. The highest BCUT2D eigenvalue weighted by Gasteiger charge is 2.35. The number of carbonyl (C=O) groups is 1. The van der Waals surface area contributed by atoms with E-state index in [9.17, 15) is 4.79 Å². The van der Waals surface area contributed by atoms with E-state index in [1.165, 1.54) is 0 Å². The van der Waals surface area contributed by atoms with Gasteiger partial charge >= 0.3 is 0 Å². The molecule has 88 valence electrons. The van der Waals surface area contributed by atoms with Crippen molar-refractivity contribution < 1.29 is 9.32 Å². The largest absolute Gasteiger partial charge is 0.337 e. The molecule has 1 amide bonds. The van der Waals surface area contributed by atoms with Crippen molar-refractivity contribution in [1.82, 2.24) is 15.0 Å². The zero-order chi connectivity index (χ0) is 11.7. The molecule has 2 heterocycles. The molecule has 1 aromatic heterocycles. The molecule has 1 saturated heterocycles. The second kappa shape index (κ2) is 4.41. The predicted molar refractivity (Wildman–Crippen MR) is 58.0 cm³/mol. The molecule has 1 aliphatic rings. The Morgan fingerprint density at radius 2 is 2.44 bits per heavy atom. The third-order valence-electron chi connectivity index (χ3n) is 2.70. The molecular weight excluding hydrogens is 230 g/mol. The van der Waals surface area contributed by atoms with E-state index < -0.39 is 5.38 Å². The topological polar surface area (TPSA) is 59.2 Å². The van der Waals surface area contributed by atoms with Crippen LogP contribution >= 0.6 is 11.6 Å². The molecule has 0 N–H and O–H groups in total. The number of hydrogen-bond acceptors (Lipinski definition) is 4. The van der Waals surface area contributed by atoms with Crippen LogP contribution < -0.4 is 0 Å². The zero-order valence-corrected chi connectivity index (χ0v) is 10.1. The molecule has 1 aliphatic heterocycles. The minimum atomic E-state index is -0.510. The van der Waals surface area contributed by atoms with Crippen molar-refractivity contribution in [3.05, 3.63) is 11.7 Å². The minimum absolute atomic E-state index is 0.0694. The van der Waals surface area contributed by atoms with E-state index in [4.69, 9.17) is 16.1 Å². The van der Waals surface area contributed by atoms with Crippen LogP contribution in [0.15, 0.2) is 4.52 Å². The van der Waals surface area contributed by atoms with Gasteiger partial charge < -0.3 is 9.42 Å². The van der Waals surface area contributed by atoms with Crippen LogP contribution in [0.5, 0.6) is 0 Å². The highest BCUT2D eigenvalue weighted by Crippen LogP contribution is 2.31. The van der Waals surface area contributed by atoms with Gasteiger partial charge in [-0.15, -0.1) is 11.6 Å². The molecule has 6 heteroatoms. The quantitative estimate of drug-likeness (QED) is 0.742. The van der Waals surface area contributed by atoms with Crippen molar-refractivity contribution in [2.75, 3.05) is 6.54 Å². The standard InChI is InChI=1S/C10H14ClN3O2/c1-6(11)10(15)14-5-3-4-8(14)9-12-7(2)13-16-9/h6,8H,3-5H2,1-2H3. The molecule has 0 aliphatic carbocycles. The first-order chi connectivity index (χ1) is 7.59. The lowest BCUT2D eigenvalue weighted by atomic mass is 10.2. The van der Waals surface area contributed by atoms with Crippen molar-refractivity contribution in [3.8, 4) is 0 Å². The molecule has 0 radical (unpaired) electrons. The SMILES string of the molecule is Cc1noc(C2CCCN2C(=O)C(C)Cl)n1. The molecule has 0 spiro atoms. The normalized spacial score (nSPS) is 22.4. The van der Waals surface area contributed by atoms with E-state index in [1.54, 1.807) is 18.7 Å². The third-order valence-corrected chi connectivity index (χ3v) is 2.89. The summed E-state index contributed by atoms with van der Waals surface area (Å²) in [7, 11) is 0. The Kier molecular flexibility index (Phi) is 3.14. The number of aromatic nitrogens is 2. The number of amides is 1. The van der Waals surface area contributed by atoms with Crippen LogP contribution in [0.3, 0.4) is 0 Å². The number of aryl methyl sites for hydroxylation is 1. The number of nitrogens with zero attached hydrogens (tertiary/aromatic N) is 3. The van der Waals surface area contributed by atoms with Gasteiger partial charge in [0, 0.05) is 6.54 Å². The Morgan fingerprint density at radius 3 is 3.00 bits per heavy atom. The monoisotopic (exact) mass is 243 g/mol. The van der Waals surface area contributed by atoms with Crippen LogP contribution in [-0.4, -0.2) is 32.9 Å². The Morgan fingerprint density at radius 1 is 1.69 bits per heavy atom. The van der Waals surface area contributed by atoms with Crippen LogP contribution in [0.4, 0.5) is 0 Å². The molecule has 2 unspecified atom stereocenters. The fourth-order valence-corrected chi connectivity index (χ4v) is 2.09. The molecule has 5 nitrogen and oxygen atoms in total. The molecule has 16 heavy (non-hydrogen) atoms. The van der Waals surface area contributed by atoms with E-state index >= 15 is 0 Å². The average Bonchev–Trinajstić information content (AvgIpc) is 2.83. The van der Waals surface area contributed by atoms with E-state index in [1.807, 2.05) is 0 Å². The van der Waals surface area contributed by atoms with Crippen molar-refractivity contribution >= 4 is 17.5 Å². The summed E-state index contributed by atoms with van der Waals surface area (Å²) in [5.74, 6) is 1.04. The summed E-state index contributed by atoms with van der Waals surface area (Å²) >= 11 is 5.81. The summed E-state index contributed by atoms with van der Waals surface area (Å²) in [6.45, 7) is 4.15. The molecular formula is C10H14ClN3O2. The number of rotatable bonds is 2. The van der Waals surface area contributed by atoms with Crippen LogP contribution in [0.2, 0.25) is 0 Å². The van der Waals surface area contributed by atoms with Crippen molar-refractivity contribution in [1.29, 1.82) is 0 Å². The summed E-state index contributed by atoms with van der Waals surface area (Å²) in [5, 5.41) is 3.23. The maximum Gasteiger partial charge on any atom is 0.249 e. The summed E-state index contributed by atoms with van der Waals surface area (Å²) in [5.41, 5.74) is 0. The average molecular weight is 244 g/mol. The van der Waals surface area contributed by atoms with Crippen molar-refractivity contribution in [2.45, 2.75) is 38.1 Å². The Balaban J connectivity index is 2.18. The van der Waals surface area contributed by atoms with Crippen molar-refractivity contribution in [3.63, 3.8) is 0 Å². The van der Waals surface area contributed by atoms with Gasteiger partial charge in [0.1, 0.15) is 11.4 Å². The first kappa shape index (κ1) is 11.4. The van der Waals surface area contributed by atoms with Crippen LogP contribution in [0.25, 0.3) is 0 Å². The lowest BCUT2D eigenvalue weighted by Gasteiger charge is -2.22. The molecule has 1 aromatic rings. The number of likely N-dealkylation sites (tertiary alicyclic amines) is 1. The van der Waals surface area contributed by atoms with Gasteiger partial charge in [-0.25, -0.2) is 0 Å². The molecule has 0 aromatic carbocycles. The predicted octanol–water partition coefficient (Wildman–Crippen LogP) is 1.67. The summed E-state index contributed by atoms with van der Waals surface area (Å²) in [6, 6.07) is -0.102. The van der Waals surface area contributed by atoms with E-state index in [-0.39, 0.29) is 11.9 Å². The maximum atomic E-state index is 11.8. The lowest BCUT2D eigenvalue weighted by molar-refractivity contribution is -0.131. The molecule has 1 fully saturated rings. The van der Waals surface area contributed by atoms with Gasteiger partial charge in [-0.3, -0.25) is 4.79 Å². The highest BCUT2D eigenvalue weighted by atomic mass is 35.5. The second-order valence-corrected chi connectivity index (χ2v) is 4.64. The number of halogens is 1. The summed E-state index contributed by atoms with van der Waals surface area (Å²) < 4.78 is 5.11. The van der Waals surface area contributed by atoms with Gasteiger partial charge in [-0.1, -0.05) is 5.16 Å². The van der Waals surface area contributed by atoms with Crippen LogP contribution in [0, 0.1) is 6.92 Å². The molecule has 2 atom stereocenters. The number of hydrogen-bond donors (Lipinski definition) is 0. The molecule has 0 bridgehead atoms. The minimum Gasteiger partial charge on any atom is -0.337 e. The second-order valence-electron chi connectivity index (χ2n) is 3.99. The molecule has 2 rings (SSSR count). The summed E-state index contributed by atoms with van der Waals surface area (Å²) in [4.78, 5) is 17.7. The van der Waals surface area contributed by atoms with E-state index in [0.29, 0.717) is 18.3 Å². The fraction of sp³-hybridized carbons (Fsp3) is 0.700. The number of alkyl halides is 1. The van der Waals surface area contributed by atoms with Gasteiger partial charge in [-0.2, -0.15) is 4.98 Å². The van der Waals surface area contributed by atoms with Crippen LogP contribution in [0.1, 0.15) is 37.5 Å². The van der Waals surface area contributed by atoms with E-state index in [2.05, 4.69) is 10.1 Å². The van der Waals surface area contributed by atoms with Gasteiger partial charge in [0.15, 0.2) is 5.82 Å². The first-order valence-electron chi connectivity index (χ1n) is 5.34. The van der Waals surface area contributed by atoms with Gasteiger partial charge in [-0.05, 0) is 26.7 Å². The highest BCUT2D eigenvalue weighted by molar-refractivity contribution is 6.30. The first-order valence-corrected chi connectivity index (χ1v) is 5.78. The zero-order valence-electron chi connectivity index (χ0n) is 9.31. The Hall–Kier alpha value is -1.10. The van der Waals surface area contributed by atoms with Crippen molar-refractivity contribution in [2.24, 2.45) is 0 Å².